The van der Waals surface area contributed by atoms with Crippen LogP contribution in [0.25, 0.3) is 0 Å². The number of aryl methyl sites for hydroxylation is 2. The molecular weight excluding hydrogens is 383 g/mol. The number of aromatic nitrogens is 1. The van der Waals surface area contributed by atoms with Gasteiger partial charge in [-0.25, -0.2) is 9.37 Å². The molecular formula is C19H21FN4O3S. The number of carbonyl (C=O) groups is 3. The first-order valence-corrected chi connectivity index (χ1v) is 9.72. The first kappa shape index (κ1) is 19.9. The molecule has 1 unspecified atom stereocenters. The largest absolute Gasteiger partial charge is 0.355 e. The van der Waals surface area contributed by atoms with E-state index in [2.05, 4.69) is 15.6 Å². The van der Waals surface area contributed by atoms with Crippen LogP contribution in [0.4, 0.5) is 15.2 Å². The van der Waals surface area contributed by atoms with Crippen LogP contribution in [0.15, 0.2) is 24.3 Å². The van der Waals surface area contributed by atoms with Crippen LogP contribution in [-0.2, 0) is 14.4 Å². The Hall–Kier alpha value is -2.81. The quantitative estimate of drug-likeness (QED) is 0.773. The summed E-state index contributed by atoms with van der Waals surface area (Å²) in [5.74, 6) is -1.56. The van der Waals surface area contributed by atoms with Crippen molar-refractivity contribution >= 4 is 39.9 Å². The third-order valence-corrected chi connectivity index (χ3v) is 5.55. The molecule has 0 aliphatic carbocycles. The summed E-state index contributed by atoms with van der Waals surface area (Å²) >= 11 is 1.41. The Morgan fingerprint density at radius 2 is 2.00 bits per heavy atom. The summed E-state index contributed by atoms with van der Waals surface area (Å²) < 4.78 is 13.0. The van der Waals surface area contributed by atoms with Gasteiger partial charge >= 0.3 is 0 Å². The Morgan fingerprint density at radius 1 is 1.29 bits per heavy atom. The number of halogens is 1. The van der Waals surface area contributed by atoms with Crippen molar-refractivity contribution in [1.29, 1.82) is 0 Å². The molecule has 2 heterocycles. The number of nitrogens with one attached hydrogen (secondary N) is 2. The van der Waals surface area contributed by atoms with Crippen LogP contribution in [0, 0.1) is 25.6 Å². The van der Waals surface area contributed by atoms with Gasteiger partial charge in [-0.3, -0.25) is 14.4 Å². The standard InChI is InChI=1S/C19H21FN4O3S/c1-11-12(2)28-19(22-11)23-16(25)7-8-21-18(27)13-9-17(26)24(10-13)15-5-3-14(20)4-6-15/h3-6,13H,7-10H2,1-2H3,(H,21,27)(H,22,23,25). The van der Waals surface area contributed by atoms with Gasteiger partial charge in [0.15, 0.2) is 5.13 Å². The summed E-state index contributed by atoms with van der Waals surface area (Å²) in [5.41, 5.74) is 1.44. The minimum atomic E-state index is -0.495. The van der Waals surface area contributed by atoms with Crippen LogP contribution >= 0.6 is 11.3 Å². The number of carbonyl (C=O) groups excluding carboxylic acids is 3. The van der Waals surface area contributed by atoms with E-state index in [0.29, 0.717) is 10.8 Å². The maximum atomic E-state index is 13.0. The molecule has 28 heavy (non-hydrogen) atoms. The van der Waals surface area contributed by atoms with E-state index in [1.54, 1.807) is 0 Å². The molecule has 1 aromatic heterocycles. The second kappa shape index (κ2) is 8.47. The van der Waals surface area contributed by atoms with E-state index in [9.17, 15) is 18.8 Å². The van der Waals surface area contributed by atoms with Gasteiger partial charge in [0.25, 0.3) is 0 Å². The summed E-state index contributed by atoms with van der Waals surface area (Å²) in [4.78, 5) is 43.2. The third-order valence-electron chi connectivity index (χ3n) is 4.56. The molecule has 1 aliphatic heterocycles. The second-order valence-corrected chi connectivity index (χ2v) is 7.83. The fourth-order valence-corrected chi connectivity index (χ4v) is 3.74. The first-order chi connectivity index (χ1) is 13.3. The number of anilines is 2. The lowest BCUT2D eigenvalue weighted by atomic mass is 10.1. The normalized spacial score (nSPS) is 16.3. The number of amides is 3. The minimum absolute atomic E-state index is 0.0904. The van der Waals surface area contributed by atoms with E-state index >= 15 is 0 Å². The Bertz CT molecular complexity index is 878. The zero-order valence-electron chi connectivity index (χ0n) is 15.6. The lowest BCUT2D eigenvalue weighted by Gasteiger charge is -2.16. The fraction of sp³-hybridized carbons (Fsp3) is 0.368. The summed E-state index contributed by atoms with van der Waals surface area (Å²) in [6.45, 7) is 4.22. The highest BCUT2D eigenvalue weighted by Gasteiger charge is 2.35. The van der Waals surface area contributed by atoms with Crippen LogP contribution in [0.5, 0.6) is 0 Å². The van der Waals surface area contributed by atoms with Gasteiger partial charge < -0.3 is 15.5 Å². The van der Waals surface area contributed by atoms with Crippen LogP contribution in [0.2, 0.25) is 0 Å². The van der Waals surface area contributed by atoms with E-state index in [0.717, 1.165) is 10.6 Å². The average Bonchev–Trinajstić information content (AvgIpc) is 3.18. The maximum absolute atomic E-state index is 13.0. The average molecular weight is 404 g/mol. The molecule has 2 aromatic rings. The van der Waals surface area contributed by atoms with E-state index in [-0.39, 0.29) is 49.5 Å². The summed E-state index contributed by atoms with van der Waals surface area (Å²) in [7, 11) is 0. The first-order valence-electron chi connectivity index (χ1n) is 8.91. The van der Waals surface area contributed by atoms with E-state index in [1.165, 1.54) is 40.5 Å². The van der Waals surface area contributed by atoms with Crippen molar-refractivity contribution in [2.75, 3.05) is 23.3 Å². The van der Waals surface area contributed by atoms with Crippen molar-refractivity contribution in [2.45, 2.75) is 26.7 Å². The molecule has 3 amide bonds. The van der Waals surface area contributed by atoms with Crippen LogP contribution in [0.1, 0.15) is 23.4 Å². The molecule has 7 nitrogen and oxygen atoms in total. The van der Waals surface area contributed by atoms with Gasteiger partial charge in [0.05, 0.1) is 11.6 Å². The summed E-state index contributed by atoms with van der Waals surface area (Å²) in [6.07, 6.45) is 0.207. The van der Waals surface area contributed by atoms with Gasteiger partial charge in [-0.2, -0.15) is 0 Å². The van der Waals surface area contributed by atoms with Crippen molar-refractivity contribution < 1.29 is 18.8 Å². The van der Waals surface area contributed by atoms with Crippen LogP contribution in [0.3, 0.4) is 0 Å². The Balaban J connectivity index is 1.45. The molecule has 0 spiro atoms. The summed E-state index contributed by atoms with van der Waals surface area (Å²) in [5, 5.41) is 5.96. The molecule has 148 valence electrons. The zero-order valence-corrected chi connectivity index (χ0v) is 16.4. The van der Waals surface area contributed by atoms with E-state index in [1.807, 2.05) is 13.8 Å². The number of hydrogen-bond donors (Lipinski definition) is 2. The molecule has 1 aliphatic rings. The molecule has 0 saturated carbocycles. The summed E-state index contributed by atoms with van der Waals surface area (Å²) in [6, 6.07) is 5.58. The topological polar surface area (TPSA) is 91.4 Å². The molecule has 0 radical (unpaired) electrons. The third kappa shape index (κ3) is 4.72. The predicted molar refractivity (Wildman–Crippen MR) is 105 cm³/mol. The van der Waals surface area contributed by atoms with Crippen molar-refractivity contribution in [2.24, 2.45) is 5.92 Å². The number of nitrogens with zero attached hydrogens (tertiary/aromatic N) is 2. The number of benzene rings is 1. The van der Waals surface area contributed by atoms with Crippen molar-refractivity contribution in [3.8, 4) is 0 Å². The zero-order chi connectivity index (χ0) is 20.3. The minimum Gasteiger partial charge on any atom is -0.355 e. The van der Waals surface area contributed by atoms with E-state index < -0.39 is 5.92 Å². The second-order valence-electron chi connectivity index (χ2n) is 6.63. The van der Waals surface area contributed by atoms with Gasteiger partial charge in [-0.1, -0.05) is 0 Å². The van der Waals surface area contributed by atoms with Crippen molar-refractivity contribution in [1.82, 2.24) is 10.3 Å². The Morgan fingerprint density at radius 3 is 2.64 bits per heavy atom. The number of rotatable bonds is 6. The monoisotopic (exact) mass is 404 g/mol. The lowest BCUT2D eigenvalue weighted by molar-refractivity contribution is -0.126. The van der Waals surface area contributed by atoms with E-state index in [4.69, 9.17) is 0 Å². The smallest absolute Gasteiger partial charge is 0.227 e. The van der Waals surface area contributed by atoms with Crippen LogP contribution in [-0.4, -0.2) is 35.8 Å². The predicted octanol–water partition coefficient (Wildman–Crippen LogP) is 2.40. The van der Waals surface area contributed by atoms with Crippen molar-refractivity contribution in [3.05, 3.63) is 40.7 Å². The molecule has 1 saturated heterocycles. The van der Waals surface area contributed by atoms with Crippen molar-refractivity contribution in [3.63, 3.8) is 0 Å². The Labute approximate surface area is 166 Å². The molecule has 1 fully saturated rings. The van der Waals surface area contributed by atoms with Gasteiger partial charge in [0.1, 0.15) is 5.82 Å². The highest BCUT2D eigenvalue weighted by Crippen LogP contribution is 2.25. The molecule has 1 atom stereocenters. The fourth-order valence-electron chi connectivity index (χ4n) is 2.91. The lowest BCUT2D eigenvalue weighted by Crippen LogP contribution is -2.34. The van der Waals surface area contributed by atoms with Gasteiger partial charge in [0.2, 0.25) is 17.7 Å². The number of thiazole rings is 1. The highest BCUT2D eigenvalue weighted by atomic mass is 32.1. The van der Waals surface area contributed by atoms with Gasteiger partial charge in [-0.05, 0) is 38.1 Å². The highest BCUT2D eigenvalue weighted by molar-refractivity contribution is 7.15. The van der Waals surface area contributed by atoms with Gasteiger partial charge in [-0.15, -0.1) is 11.3 Å². The molecule has 2 N–H and O–H groups in total. The molecule has 1 aromatic carbocycles. The molecule has 3 rings (SSSR count). The molecule has 0 bridgehead atoms. The van der Waals surface area contributed by atoms with Gasteiger partial charge in [0, 0.05) is 36.5 Å². The van der Waals surface area contributed by atoms with Crippen LogP contribution < -0.4 is 15.5 Å². The number of hydrogen-bond acceptors (Lipinski definition) is 5. The maximum Gasteiger partial charge on any atom is 0.227 e. The molecule has 9 heteroatoms. The SMILES string of the molecule is Cc1nc(NC(=O)CCNC(=O)C2CC(=O)N(c3ccc(F)cc3)C2)sc1C. The Kier molecular flexibility index (Phi) is 6.03.